The Balaban J connectivity index is 1.58. The van der Waals surface area contributed by atoms with Gasteiger partial charge in [0.05, 0.1) is 11.6 Å². The van der Waals surface area contributed by atoms with E-state index < -0.39 is 0 Å². The van der Waals surface area contributed by atoms with Crippen molar-refractivity contribution in [3.8, 4) is 11.5 Å². The summed E-state index contributed by atoms with van der Waals surface area (Å²) < 4.78 is 12.1. The molecule has 5 heteroatoms. The molecular formula is C26H26ClNO3. The fraction of sp³-hybridized carbons (Fsp3) is 0.269. The van der Waals surface area contributed by atoms with Crippen molar-refractivity contribution in [2.75, 3.05) is 0 Å². The van der Waals surface area contributed by atoms with Crippen molar-refractivity contribution in [3.63, 3.8) is 0 Å². The fourth-order valence-corrected chi connectivity index (χ4v) is 4.04. The molecule has 0 bridgehead atoms. The lowest BCUT2D eigenvalue weighted by Gasteiger charge is -2.38. The Kier molecular flexibility index (Phi) is 5.92. The second-order valence-corrected chi connectivity index (χ2v) is 8.98. The van der Waals surface area contributed by atoms with Crippen LogP contribution in [0.4, 0.5) is 0 Å². The number of halogens is 1. The van der Waals surface area contributed by atoms with Gasteiger partial charge in [-0.25, -0.2) is 0 Å². The Labute approximate surface area is 188 Å². The molecule has 160 valence electrons. The van der Waals surface area contributed by atoms with E-state index in [1.165, 1.54) is 0 Å². The van der Waals surface area contributed by atoms with Gasteiger partial charge in [0.1, 0.15) is 23.7 Å². The van der Waals surface area contributed by atoms with Gasteiger partial charge in [-0.05, 0) is 56.2 Å². The smallest absolute Gasteiger partial charge is 0.255 e. The molecule has 0 radical (unpaired) electrons. The van der Waals surface area contributed by atoms with Crippen molar-refractivity contribution in [1.82, 2.24) is 5.32 Å². The van der Waals surface area contributed by atoms with Crippen LogP contribution in [-0.2, 0) is 6.61 Å². The lowest BCUT2D eigenvalue weighted by Crippen LogP contribution is -2.41. The SMILES string of the molecule is Cc1ccc2c(c1)OC(C)(C)CC2NC(=O)c1cc(Cl)ccc1OCc1ccccc1. The average Bonchev–Trinajstić information content (AvgIpc) is 2.72. The summed E-state index contributed by atoms with van der Waals surface area (Å²) in [5, 5.41) is 3.66. The van der Waals surface area contributed by atoms with E-state index in [4.69, 9.17) is 21.1 Å². The molecular weight excluding hydrogens is 410 g/mol. The zero-order valence-corrected chi connectivity index (χ0v) is 18.7. The van der Waals surface area contributed by atoms with Crippen LogP contribution in [0.3, 0.4) is 0 Å². The summed E-state index contributed by atoms with van der Waals surface area (Å²) in [6, 6.07) is 20.9. The molecule has 1 heterocycles. The second kappa shape index (κ2) is 8.64. The van der Waals surface area contributed by atoms with E-state index >= 15 is 0 Å². The monoisotopic (exact) mass is 435 g/mol. The van der Waals surface area contributed by atoms with Crippen LogP contribution in [0, 0.1) is 6.92 Å². The zero-order chi connectivity index (χ0) is 22.0. The van der Waals surface area contributed by atoms with Gasteiger partial charge in [-0.1, -0.05) is 54.1 Å². The molecule has 1 aliphatic rings. The average molecular weight is 436 g/mol. The molecule has 1 atom stereocenters. The molecule has 1 N–H and O–H groups in total. The summed E-state index contributed by atoms with van der Waals surface area (Å²) in [7, 11) is 0. The second-order valence-electron chi connectivity index (χ2n) is 8.55. The van der Waals surface area contributed by atoms with Crippen LogP contribution in [0.25, 0.3) is 0 Å². The van der Waals surface area contributed by atoms with Crippen molar-refractivity contribution in [2.45, 2.75) is 45.4 Å². The molecule has 4 nitrogen and oxygen atoms in total. The lowest BCUT2D eigenvalue weighted by molar-refractivity contribution is 0.0618. The Morgan fingerprint density at radius 2 is 1.90 bits per heavy atom. The summed E-state index contributed by atoms with van der Waals surface area (Å²) >= 11 is 6.21. The van der Waals surface area contributed by atoms with Gasteiger partial charge in [0.25, 0.3) is 5.91 Å². The van der Waals surface area contributed by atoms with Gasteiger partial charge >= 0.3 is 0 Å². The number of ether oxygens (including phenoxy) is 2. The summed E-state index contributed by atoms with van der Waals surface area (Å²) in [4.78, 5) is 13.3. The molecule has 0 spiro atoms. The lowest BCUT2D eigenvalue weighted by atomic mass is 9.89. The van der Waals surface area contributed by atoms with Gasteiger partial charge in [-0.2, -0.15) is 0 Å². The number of rotatable bonds is 5. The molecule has 1 amide bonds. The molecule has 0 fully saturated rings. The van der Waals surface area contributed by atoms with Crippen LogP contribution < -0.4 is 14.8 Å². The van der Waals surface area contributed by atoms with Crippen molar-refractivity contribution in [2.24, 2.45) is 0 Å². The maximum Gasteiger partial charge on any atom is 0.255 e. The highest BCUT2D eigenvalue weighted by Gasteiger charge is 2.35. The predicted molar refractivity (Wildman–Crippen MR) is 123 cm³/mol. The van der Waals surface area contributed by atoms with Crippen molar-refractivity contribution >= 4 is 17.5 Å². The number of nitrogens with one attached hydrogen (secondary N) is 1. The van der Waals surface area contributed by atoms with E-state index in [1.54, 1.807) is 18.2 Å². The van der Waals surface area contributed by atoms with Crippen molar-refractivity contribution < 1.29 is 14.3 Å². The molecule has 3 aromatic carbocycles. The first-order valence-corrected chi connectivity index (χ1v) is 10.8. The molecule has 4 rings (SSSR count). The molecule has 3 aromatic rings. The van der Waals surface area contributed by atoms with Gasteiger partial charge in [0, 0.05) is 17.0 Å². The molecule has 0 saturated heterocycles. The minimum Gasteiger partial charge on any atom is -0.488 e. The number of amides is 1. The highest BCUT2D eigenvalue weighted by Crippen LogP contribution is 2.40. The standard InChI is InChI=1S/C26H26ClNO3/c1-17-9-11-20-22(15-26(2,3)31-24(20)13-17)28-25(29)21-14-19(27)10-12-23(21)30-16-18-7-5-4-6-8-18/h4-14,22H,15-16H2,1-3H3,(H,28,29). The summed E-state index contributed by atoms with van der Waals surface area (Å²) in [6.45, 7) is 6.47. The van der Waals surface area contributed by atoms with Gasteiger partial charge < -0.3 is 14.8 Å². The normalized spacial score (nSPS) is 16.7. The van der Waals surface area contributed by atoms with Gasteiger partial charge in [-0.3, -0.25) is 4.79 Å². The van der Waals surface area contributed by atoms with Gasteiger partial charge in [0.15, 0.2) is 0 Å². The molecule has 1 unspecified atom stereocenters. The van der Waals surface area contributed by atoms with Crippen LogP contribution >= 0.6 is 11.6 Å². The van der Waals surface area contributed by atoms with Crippen LogP contribution in [-0.4, -0.2) is 11.5 Å². The number of fused-ring (bicyclic) bond motifs is 1. The third-order valence-electron chi connectivity index (χ3n) is 5.36. The minimum absolute atomic E-state index is 0.173. The van der Waals surface area contributed by atoms with E-state index in [-0.39, 0.29) is 17.6 Å². The number of carbonyl (C=O) groups excluding carboxylic acids is 1. The third kappa shape index (κ3) is 5.02. The molecule has 0 aromatic heterocycles. The summed E-state index contributed by atoms with van der Waals surface area (Å²) in [5.41, 5.74) is 3.15. The molecule has 1 aliphatic heterocycles. The Morgan fingerprint density at radius 3 is 2.68 bits per heavy atom. The number of hydrogen-bond acceptors (Lipinski definition) is 3. The van der Waals surface area contributed by atoms with E-state index in [2.05, 4.69) is 5.32 Å². The first-order chi connectivity index (χ1) is 14.8. The van der Waals surface area contributed by atoms with Gasteiger partial charge in [0.2, 0.25) is 0 Å². The third-order valence-corrected chi connectivity index (χ3v) is 5.59. The van der Waals surface area contributed by atoms with Crippen LogP contribution in [0.5, 0.6) is 11.5 Å². The predicted octanol–water partition coefficient (Wildman–Crippen LogP) is 6.26. The fourth-order valence-electron chi connectivity index (χ4n) is 3.86. The van der Waals surface area contributed by atoms with Crippen molar-refractivity contribution in [1.29, 1.82) is 0 Å². The van der Waals surface area contributed by atoms with Crippen LogP contribution in [0.2, 0.25) is 5.02 Å². The van der Waals surface area contributed by atoms with E-state index in [9.17, 15) is 4.79 Å². The Morgan fingerprint density at radius 1 is 1.13 bits per heavy atom. The highest BCUT2D eigenvalue weighted by atomic mass is 35.5. The number of carbonyl (C=O) groups is 1. The van der Waals surface area contributed by atoms with E-state index in [0.29, 0.717) is 29.4 Å². The first kappa shape index (κ1) is 21.3. The van der Waals surface area contributed by atoms with E-state index in [0.717, 1.165) is 22.4 Å². The number of hydrogen-bond donors (Lipinski definition) is 1. The molecule has 0 saturated carbocycles. The largest absolute Gasteiger partial charge is 0.488 e. The topological polar surface area (TPSA) is 47.6 Å². The quantitative estimate of drug-likeness (QED) is 0.514. The maximum absolute atomic E-state index is 13.3. The maximum atomic E-state index is 13.3. The molecule has 0 aliphatic carbocycles. The number of aryl methyl sites for hydroxylation is 1. The Bertz CT molecular complexity index is 1100. The number of benzene rings is 3. The van der Waals surface area contributed by atoms with Crippen LogP contribution in [0.1, 0.15) is 53.4 Å². The highest BCUT2D eigenvalue weighted by molar-refractivity contribution is 6.31. The minimum atomic E-state index is -0.389. The zero-order valence-electron chi connectivity index (χ0n) is 17.9. The summed E-state index contributed by atoms with van der Waals surface area (Å²) in [6.07, 6.45) is 0.662. The van der Waals surface area contributed by atoms with Gasteiger partial charge in [-0.15, -0.1) is 0 Å². The van der Waals surface area contributed by atoms with Crippen molar-refractivity contribution in [3.05, 3.63) is 94.0 Å². The molecule has 31 heavy (non-hydrogen) atoms. The van der Waals surface area contributed by atoms with Crippen LogP contribution in [0.15, 0.2) is 66.7 Å². The van der Waals surface area contributed by atoms with E-state index in [1.807, 2.05) is 69.3 Å². The summed E-state index contributed by atoms with van der Waals surface area (Å²) in [5.74, 6) is 1.09. The first-order valence-electron chi connectivity index (χ1n) is 10.4. The Hall–Kier alpha value is -2.98.